The van der Waals surface area contributed by atoms with Gasteiger partial charge in [0.1, 0.15) is 12.4 Å². The van der Waals surface area contributed by atoms with E-state index >= 15 is 0 Å². The van der Waals surface area contributed by atoms with Crippen molar-refractivity contribution < 1.29 is 4.79 Å². The summed E-state index contributed by atoms with van der Waals surface area (Å²) >= 11 is 9.39. The molecule has 0 unspecified atom stereocenters. The number of nitrogens with one attached hydrogen (secondary N) is 1. The molecule has 0 aliphatic rings. The lowest BCUT2D eigenvalue weighted by Crippen LogP contribution is -2.22. The fourth-order valence-electron chi connectivity index (χ4n) is 4.33. The summed E-state index contributed by atoms with van der Waals surface area (Å²) < 4.78 is 4.07. The molecule has 0 bridgehead atoms. The zero-order valence-corrected chi connectivity index (χ0v) is 23.0. The number of aryl methyl sites for hydroxylation is 1. The van der Waals surface area contributed by atoms with Gasteiger partial charge in [-0.15, -0.1) is 0 Å². The number of para-hydroxylation sites is 1. The smallest absolute Gasteiger partial charge is 0.282 e. The van der Waals surface area contributed by atoms with Crippen molar-refractivity contribution in [3.8, 4) is 0 Å². The predicted molar refractivity (Wildman–Crippen MR) is 157 cm³/mol. The summed E-state index contributed by atoms with van der Waals surface area (Å²) in [5, 5.41) is 9.53. The normalized spacial score (nSPS) is 11.6. The van der Waals surface area contributed by atoms with Crippen molar-refractivity contribution in [3.05, 3.63) is 104 Å². The van der Waals surface area contributed by atoms with Crippen LogP contribution in [-0.4, -0.2) is 26.3 Å². The molecule has 1 N–H and O–H groups in total. The van der Waals surface area contributed by atoms with Gasteiger partial charge in [-0.1, -0.05) is 59.1 Å². The molecule has 1 amide bonds. The minimum Gasteiger partial charge on any atom is -0.337 e. The number of nitrogens with zero attached hydrogens (tertiary/aromatic N) is 4. The number of halogens is 2. The number of unbranched alkanes of at least 4 members (excludes halogenated alkanes) is 1. The van der Waals surface area contributed by atoms with E-state index in [1.54, 1.807) is 36.5 Å². The van der Waals surface area contributed by atoms with E-state index in [2.05, 4.69) is 33.3 Å². The Balaban J connectivity index is 1.50. The summed E-state index contributed by atoms with van der Waals surface area (Å²) in [6.07, 6.45) is 6.05. The monoisotopic (exact) mass is 589 g/mol. The van der Waals surface area contributed by atoms with Gasteiger partial charge >= 0.3 is 0 Å². The van der Waals surface area contributed by atoms with Gasteiger partial charge in [0.15, 0.2) is 0 Å². The van der Waals surface area contributed by atoms with Gasteiger partial charge in [-0.3, -0.25) is 9.59 Å². The van der Waals surface area contributed by atoms with Crippen molar-refractivity contribution >= 4 is 67.1 Å². The van der Waals surface area contributed by atoms with Crippen LogP contribution in [-0.2, 0) is 17.8 Å². The van der Waals surface area contributed by atoms with E-state index in [0.717, 1.165) is 33.8 Å². The van der Waals surface area contributed by atoms with Gasteiger partial charge in [-0.05, 0) is 55.0 Å². The van der Waals surface area contributed by atoms with Crippen molar-refractivity contribution in [1.82, 2.24) is 14.2 Å². The third kappa shape index (κ3) is 5.56. The van der Waals surface area contributed by atoms with E-state index in [-0.39, 0.29) is 18.0 Å². The number of aromatic nitrogens is 3. The number of anilines is 1. The number of carbonyl (C=O) groups excluding carboxylic acids is 1. The van der Waals surface area contributed by atoms with Crippen molar-refractivity contribution in [2.45, 2.75) is 32.7 Å². The minimum absolute atomic E-state index is 0.115. The highest BCUT2D eigenvalue weighted by atomic mass is 79.9. The molecule has 0 radical (unpaired) electrons. The van der Waals surface area contributed by atoms with Crippen LogP contribution < -0.4 is 10.9 Å². The summed E-state index contributed by atoms with van der Waals surface area (Å²) in [6.45, 7) is 2.21. The van der Waals surface area contributed by atoms with Gasteiger partial charge in [0.25, 0.3) is 5.56 Å². The first kappa shape index (κ1) is 25.9. The second kappa shape index (κ2) is 11.3. The van der Waals surface area contributed by atoms with Crippen LogP contribution in [0.25, 0.3) is 21.8 Å². The van der Waals surface area contributed by atoms with Gasteiger partial charge < -0.3 is 9.88 Å². The number of carbonyl (C=O) groups is 1. The lowest BCUT2D eigenvalue weighted by atomic mass is 10.2. The maximum atomic E-state index is 13.4. The maximum Gasteiger partial charge on any atom is 0.282 e. The molecule has 38 heavy (non-hydrogen) atoms. The van der Waals surface area contributed by atoms with Crippen molar-refractivity contribution in [3.63, 3.8) is 0 Å². The molecule has 0 aliphatic carbocycles. The zero-order valence-electron chi connectivity index (χ0n) is 20.7. The van der Waals surface area contributed by atoms with Gasteiger partial charge in [0, 0.05) is 44.3 Å². The van der Waals surface area contributed by atoms with Crippen molar-refractivity contribution in [1.29, 1.82) is 0 Å². The standard InChI is InChI=1S/C29H25BrClN5O2/c1-2-3-8-27-34-25-14-9-20(30)15-24(25)29(38)36(27)32-16-19-17-35(26-7-5-4-6-23(19)26)18-28(37)33-22-12-10-21(31)11-13-22/h4-7,9-17H,2-3,8,18H2,1H3,(H,33,37). The Labute approximate surface area is 232 Å². The highest BCUT2D eigenvalue weighted by molar-refractivity contribution is 9.10. The molecule has 5 aromatic rings. The highest BCUT2D eigenvalue weighted by Gasteiger charge is 2.13. The van der Waals surface area contributed by atoms with Gasteiger partial charge in [-0.2, -0.15) is 9.78 Å². The zero-order chi connectivity index (χ0) is 26.6. The molecule has 5 rings (SSSR count). The molecule has 9 heteroatoms. The van der Waals surface area contributed by atoms with Crippen LogP contribution in [0.4, 0.5) is 5.69 Å². The molecular weight excluding hydrogens is 566 g/mol. The minimum atomic E-state index is -0.218. The number of hydrogen-bond acceptors (Lipinski definition) is 4. The first-order chi connectivity index (χ1) is 18.4. The number of rotatable bonds is 8. The third-order valence-corrected chi connectivity index (χ3v) is 6.95. The molecule has 0 saturated heterocycles. The average molecular weight is 591 g/mol. The van der Waals surface area contributed by atoms with Crippen LogP contribution in [0.2, 0.25) is 5.02 Å². The summed E-state index contributed by atoms with van der Waals surface area (Å²) in [5.41, 5.74) is 2.79. The second-order valence-electron chi connectivity index (χ2n) is 8.94. The van der Waals surface area contributed by atoms with E-state index < -0.39 is 0 Å². The lowest BCUT2D eigenvalue weighted by molar-refractivity contribution is -0.116. The largest absolute Gasteiger partial charge is 0.337 e. The van der Waals surface area contributed by atoms with Gasteiger partial charge in [-0.25, -0.2) is 4.98 Å². The Kier molecular flexibility index (Phi) is 7.72. The predicted octanol–water partition coefficient (Wildman–Crippen LogP) is 6.63. The first-order valence-electron chi connectivity index (χ1n) is 12.3. The van der Waals surface area contributed by atoms with E-state index in [4.69, 9.17) is 16.6 Å². The SMILES string of the molecule is CCCCc1nc2ccc(Br)cc2c(=O)n1N=Cc1cn(CC(=O)Nc2ccc(Cl)cc2)c2ccccc12. The van der Waals surface area contributed by atoms with Crippen molar-refractivity contribution in [2.24, 2.45) is 5.10 Å². The third-order valence-electron chi connectivity index (χ3n) is 6.20. The van der Waals surface area contributed by atoms with E-state index in [9.17, 15) is 9.59 Å². The Morgan fingerprint density at radius 3 is 2.68 bits per heavy atom. The summed E-state index contributed by atoms with van der Waals surface area (Å²) in [6, 6.07) is 20.3. The topological polar surface area (TPSA) is 81.3 Å². The fraction of sp³-hybridized carbons (Fsp3) is 0.172. The van der Waals surface area contributed by atoms with Crippen molar-refractivity contribution in [2.75, 3.05) is 5.32 Å². The fourth-order valence-corrected chi connectivity index (χ4v) is 4.81. The number of benzene rings is 3. The number of amides is 1. The Hall–Kier alpha value is -3.75. The maximum absolute atomic E-state index is 13.4. The Morgan fingerprint density at radius 2 is 1.89 bits per heavy atom. The molecule has 2 heterocycles. The Bertz CT molecular complexity index is 1720. The molecule has 7 nitrogen and oxygen atoms in total. The van der Waals surface area contributed by atoms with E-state index in [1.807, 2.05) is 47.2 Å². The molecule has 0 aliphatic heterocycles. The molecule has 192 valence electrons. The lowest BCUT2D eigenvalue weighted by Gasteiger charge is -2.09. The molecule has 3 aromatic carbocycles. The van der Waals surface area contributed by atoms with Crippen LogP contribution in [0.5, 0.6) is 0 Å². The summed E-state index contributed by atoms with van der Waals surface area (Å²) in [7, 11) is 0. The van der Waals surface area contributed by atoms with E-state index in [0.29, 0.717) is 33.9 Å². The first-order valence-corrected chi connectivity index (χ1v) is 13.5. The second-order valence-corrected chi connectivity index (χ2v) is 10.3. The van der Waals surface area contributed by atoms with E-state index in [1.165, 1.54) is 4.68 Å². The van der Waals surface area contributed by atoms with Crippen LogP contribution in [0.1, 0.15) is 31.2 Å². The summed E-state index contributed by atoms with van der Waals surface area (Å²) in [4.78, 5) is 30.9. The quantitative estimate of drug-likeness (QED) is 0.206. The average Bonchev–Trinajstić information content (AvgIpc) is 3.26. The van der Waals surface area contributed by atoms with Crippen LogP contribution >= 0.6 is 27.5 Å². The van der Waals surface area contributed by atoms with Crippen LogP contribution in [0.3, 0.4) is 0 Å². The Morgan fingerprint density at radius 1 is 1.11 bits per heavy atom. The molecule has 0 spiro atoms. The summed E-state index contributed by atoms with van der Waals surface area (Å²) in [5.74, 6) is 0.452. The number of fused-ring (bicyclic) bond motifs is 2. The van der Waals surface area contributed by atoms with Gasteiger partial charge in [0.2, 0.25) is 5.91 Å². The molecular formula is C29H25BrClN5O2. The van der Waals surface area contributed by atoms with Gasteiger partial charge in [0.05, 0.1) is 17.1 Å². The molecule has 0 atom stereocenters. The number of hydrogen-bond donors (Lipinski definition) is 1. The molecule has 2 aromatic heterocycles. The molecule has 0 fully saturated rings. The van der Waals surface area contributed by atoms with Crippen LogP contribution in [0.15, 0.2) is 87.3 Å². The van der Waals surface area contributed by atoms with Crippen LogP contribution in [0, 0.1) is 0 Å². The molecule has 0 saturated carbocycles. The highest BCUT2D eigenvalue weighted by Crippen LogP contribution is 2.21.